The third kappa shape index (κ3) is 13.5. The summed E-state index contributed by atoms with van der Waals surface area (Å²) in [6.07, 6.45) is 0. The summed E-state index contributed by atoms with van der Waals surface area (Å²) >= 11 is 11.0. The molecule has 472 valence electrons. The molecule has 13 aromatic carbocycles. The van der Waals surface area contributed by atoms with Gasteiger partial charge in [-0.15, -0.1) is 11.3 Å². The van der Waals surface area contributed by atoms with Gasteiger partial charge in [-0.05, 0) is 143 Å². The molecule has 0 atom stereocenters. The van der Waals surface area contributed by atoms with Crippen LogP contribution in [0.4, 0.5) is 0 Å². The van der Waals surface area contributed by atoms with Gasteiger partial charge in [0.1, 0.15) is 0 Å². The molecule has 0 saturated heterocycles. The Morgan fingerprint density at radius 1 is 0.260 bits per heavy atom. The fourth-order valence-corrected chi connectivity index (χ4v) is 15.2. The van der Waals surface area contributed by atoms with Crippen LogP contribution in [-0.2, 0) is 0 Å². The Morgan fingerprint density at radius 3 is 1.09 bits per heavy atom. The first-order valence-electron chi connectivity index (χ1n) is 32.3. The minimum atomic E-state index is 0.573. The van der Waals surface area contributed by atoms with Crippen LogP contribution in [0, 0.1) is 27.3 Å². The zero-order valence-corrected chi connectivity index (χ0v) is 59.4. The maximum atomic E-state index is 5.04. The number of rotatable bonds is 7. The average molecular weight is 1540 g/mol. The first kappa shape index (κ1) is 63.3. The van der Waals surface area contributed by atoms with Crippen LogP contribution in [0.15, 0.2) is 330 Å². The molecule has 100 heavy (non-hydrogen) atoms. The molecule has 0 N–H and O–H groups in total. The Labute approximate surface area is 611 Å². The molecule has 0 bridgehead atoms. The molecule has 0 unspecified atom stereocenters. The second-order valence-corrected chi connectivity index (χ2v) is 27.7. The second-order valence-electron chi connectivity index (χ2n) is 23.5. The van der Waals surface area contributed by atoms with E-state index in [0.29, 0.717) is 35.2 Å². The van der Waals surface area contributed by atoms with E-state index in [2.05, 4.69) is 245 Å². The van der Waals surface area contributed by atoms with Crippen molar-refractivity contribution in [3.8, 4) is 92.3 Å². The zero-order chi connectivity index (χ0) is 67.3. The quantitative estimate of drug-likeness (QED) is 0.117. The highest BCUT2D eigenvalue weighted by Crippen LogP contribution is 2.38. The van der Waals surface area contributed by atoms with Crippen molar-refractivity contribution in [2.24, 2.45) is 0 Å². The van der Waals surface area contributed by atoms with E-state index in [1.807, 2.05) is 175 Å². The monoisotopic (exact) mass is 1540 g/mol. The molecule has 12 heteroatoms. The highest BCUT2D eigenvalue weighted by molar-refractivity contribution is 14.1. The number of para-hydroxylation sites is 2. The summed E-state index contributed by atoms with van der Waals surface area (Å²) in [7, 11) is 0. The Morgan fingerprint density at radius 2 is 0.630 bits per heavy atom. The standard InChI is InChI=1S/C47H28N4S.C35H21BrN4.C6H4BrI/c1-3-13-33(14-4-1)45-48-46(34-15-5-2-6-16-34)50-47(49-45)51-41-20-9-7-18-37(41)40-29-32(24-27-42(40)51)23-22-31-12-11-17-35(28-31)36-25-26-39-38-19-8-10-21-43(38)52-44(39)30-36;36-28-15-9-10-24(22-28)18-19-25-20-21-32-30(23-25)29-16-7-8-17-31(29)40(32)35-38-33(26-11-3-1-4-12-26)37-34(39-35)27-13-5-2-6-14-27;7-5-2-1-3-6(8)4-5/h1-21,24-30H;1-17,20-23H;1-4H. The number of benzene rings is 13. The average Bonchev–Trinajstić information content (AvgIpc) is 1.59. The van der Waals surface area contributed by atoms with E-state index in [1.54, 1.807) is 0 Å². The molecular weight excluding hydrogens is 1490 g/mol. The van der Waals surface area contributed by atoms with E-state index in [9.17, 15) is 0 Å². The normalized spacial score (nSPS) is 11.0. The predicted molar refractivity (Wildman–Crippen MR) is 428 cm³/mol. The Balaban J connectivity index is 0.000000144. The summed E-state index contributed by atoms with van der Waals surface area (Å²) in [5, 5.41) is 7.04. The van der Waals surface area contributed by atoms with Crippen molar-refractivity contribution in [1.29, 1.82) is 0 Å². The molecule has 0 radical (unpaired) electrons. The first-order chi connectivity index (χ1) is 49.3. The molecule has 0 spiro atoms. The van der Waals surface area contributed by atoms with Crippen LogP contribution in [0.2, 0.25) is 0 Å². The van der Waals surface area contributed by atoms with E-state index in [0.717, 1.165) is 103 Å². The van der Waals surface area contributed by atoms with Gasteiger partial charge in [-0.25, -0.2) is 9.97 Å². The molecule has 5 heterocycles. The van der Waals surface area contributed by atoms with Crippen molar-refractivity contribution in [1.82, 2.24) is 39.0 Å². The lowest BCUT2D eigenvalue weighted by Crippen LogP contribution is -2.06. The number of aromatic nitrogens is 8. The molecule has 0 aliphatic heterocycles. The fourth-order valence-electron chi connectivity index (χ4n) is 12.3. The number of hydrogen-bond donors (Lipinski definition) is 0. The van der Waals surface area contributed by atoms with Crippen LogP contribution in [0.25, 0.3) is 132 Å². The minimum absolute atomic E-state index is 0.573. The SMILES string of the molecule is Brc1cccc(C#Cc2ccc3c(c2)c2ccccc2n3-c2nc(-c3ccccc3)nc(-c3ccccc3)n2)c1.Brc1cccc(I)c1.C(#Cc1ccc2c(c1)c1ccccc1n2-c1nc(-c2ccccc2)nc(-c2ccccc2)n1)c1cccc(-c2ccc3c(c2)sc2ccccc23)c1. The van der Waals surface area contributed by atoms with E-state index >= 15 is 0 Å². The molecule has 0 aliphatic carbocycles. The minimum Gasteiger partial charge on any atom is -0.278 e. The molecule has 0 fully saturated rings. The Kier molecular flexibility index (Phi) is 18.0. The van der Waals surface area contributed by atoms with Crippen LogP contribution in [0.5, 0.6) is 0 Å². The largest absolute Gasteiger partial charge is 0.278 e. The lowest BCUT2D eigenvalue weighted by molar-refractivity contribution is 0.953. The molecule has 5 aromatic heterocycles. The zero-order valence-electron chi connectivity index (χ0n) is 53.2. The molecular formula is C88H53Br2IN8S. The molecule has 0 aliphatic rings. The molecule has 8 nitrogen and oxygen atoms in total. The summed E-state index contributed by atoms with van der Waals surface area (Å²) in [6, 6.07) is 110. The molecule has 0 amide bonds. The number of halogens is 3. The Bertz CT molecular complexity index is 6100. The maximum Gasteiger partial charge on any atom is 0.238 e. The lowest BCUT2D eigenvalue weighted by Gasteiger charge is -2.10. The summed E-state index contributed by atoms with van der Waals surface area (Å²) in [5.74, 6) is 17.2. The second kappa shape index (κ2) is 28.5. The van der Waals surface area contributed by atoms with Gasteiger partial charge in [0.15, 0.2) is 23.3 Å². The maximum absolute atomic E-state index is 5.04. The van der Waals surface area contributed by atoms with Gasteiger partial charge in [-0.1, -0.05) is 268 Å². The number of thiophene rings is 1. The van der Waals surface area contributed by atoms with Gasteiger partial charge in [0, 0.05) is 98.7 Å². The first-order valence-corrected chi connectivity index (χ1v) is 35.8. The van der Waals surface area contributed by atoms with Crippen molar-refractivity contribution in [2.75, 3.05) is 0 Å². The molecule has 0 saturated carbocycles. The van der Waals surface area contributed by atoms with Crippen LogP contribution in [-0.4, -0.2) is 39.0 Å². The van der Waals surface area contributed by atoms with Crippen molar-refractivity contribution < 1.29 is 0 Å². The summed E-state index contributed by atoms with van der Waals surface area (Å²) < 4.78 is 10.3. The van der Waals surface area contributed by atoms with Crippen LogP contribution in [0.3, 0.4) is 0 Å². The van der Waals surface area contributed by atoms with Gasteiger partial charge in [-0.2, -0.15) is 19.9 Å². The number of hydrogen-bond acceptors (Lipinski definition) is 7. The van der Waals surface area contributed by atoms with Crippen molar-refractivity contribution in [3.05, 3.63) is 356 Å². The van der Waals surface area contributed by atoms with Gasteiger partial charge in [0.2, 0.25) is 11.9 Å². The van der Waals surface area contributed by atoms with Gasteiger partial charge in [0.25, 0.3) is 0 Å². The summed E-state index contributed by atoms with van der Waals surface area (Å²) in [5.41, 5.74) is 14.0. The lowest BCUT2D eigenvalue weighted by atomic mass is 10.0. The van der Waals surface area contributed by atoms with E-state index < -0.39 is 0 Å². The summed E-state index contributed by atoms with van der Waals surface area (Å²) in [6.45, 7) is 0. The number of fused-ring (bicyclic) bond motifs is 9. The van der Waals surface area contributed by atoms with Crippen molar-refractivity contribution >= 4 is 130 Å². The summed E-state index contributed by atoms with van der Waals surface area (Å²) in [4.78, 5) is 29.8. The molecule has 18 rings (SSSR count). The van der Waals surface area contributed by atoms with Crippen LogP contribution >= 0.6 is 65.8 Å². The van der Waals surface area contributed by atoms with Gasteiger partial charge >= 0.3 is 0 Å². The third-order valence-corrected chi connectivity index (χ3v) is 19.8. The van der Waals surface area contributed by atoms with Gasteiger partial charge in [0.05, 0.1) is 22.1 Å². The predicted octanol–water partition coefficient (Wildman–Crippen LogP) is 23.3. The van der Waals surface area contributed by atoms with Crippen molar-refractivity contribution in [2.45, 2.75) is 0 Å². The number of nitrogens with zero attached hydrogens (tertiary/aromatic N) is 8. The van der Waals surface area contributed by atoms with Crippen LogP contribution < -0.4 is 0 Å². The highest BCUT2D eigenvalue weighted by Gasteiger charge is 2.21. The smallest absolute Gasteiger partial charge is 0.238 e. The topological polar surface area (TPSA) is 87.2 Å². The van der Waals surface area contributed by atoms with E-state index in [4.69, 9.17) is 29.9 Å². The van der Waals surface area contributed by atoms with E-state index in [1.165, 1.54) is 29.3 Å². The Hall–Kier alpha value is -11.5. The van der Waals surface area contributed by atoms with E-state index in [-0.39, 0.29) is 0 Å². The van der Waals surface area contributed by atoms with Gasteiger partial charge < -0.3 is 0 Å². The fraction of sp³-hybridized carbons (Fsp3) is 0. The van der Waals surface area contributed by atoms with Crippen molar-refractivity contribution in [3.63, 3.8) is 0 Å². The van der Waals surface area contributed by atoms with Gasteiger partial charge in [-0.3, -0.25) is 9.13 Å². The molecule has 18 aromatic rings. The third-order valence-electron chi connectivity index (χ3n) is 17.0. The van der Waals surface area contributed by atoms with Crippen LogP contribution in [0.1, 0.15) is 22.3 Å². The highest BCUT2D eigenvalue weighted by atomic mass is 127.